The summed E-state index contributed by atoms with van der Waals surface area (Å²) in [5, 5.41) is 18.3. The van der Waals surface area contributed by atoms with Gasteiger partial charge in [-0.05, 0) is 12.8 Å². The number of aliphatic hydroxyl groups excluding tert-OH is 1. The molecule has 0 aromatic carbocycles. The van der Waals surface area contributed by atoms with Crippen LogP contribution in [-0.4, -0.2) is 46.2 Å². The van der Waals surface area contributed by atoms with Crippen molar-refractivity contribution >= 4 is 11.9 Å². The van der Waals surface area contributed by atoms with Crippen molar-refractivity contribution in [1.82, 2.24) is 4.90 Å². The third-order valence-corrected chi connectivity index (χ3v) is 3.24. The summed E-state index contributed by atoms with van der Waals surface area (Å²) < 4.78 is 0. The first kappa shape index (κ1) is 13.0. The van der Waals surface area contributed by atoms with Crippen LogP contribution in [-0.2, 0) is 9.59 Å². The Hall–Kier alpha value is -1.10. The molecule has 0 saturated carbocycles. The zero-order valence-corrected chi connectivity index (χ0v) is 9.72. The molecule has 0 bridgehead atoms. The second-order valence-corrected chi connectivity index (χ2v) is 4.50. The number of aliphatic hydroxyl groups is 1. The predicted octanol–water partition coefficient (Wildman–Crippen LogP) is 0.326. The number of hydrogen-bond donors (Lipinski definition) is 2. The van der Waals surface area contributed by atoms with Crippen LogP contribution in [0.25, 0.3) is 0 Å². The van der Waals surface area contributed by atoms with Crippen LogP contribution in [0.1, 0.15) is 26.7 Å². The van der Waals surface area contributed by atoms with Gasteiger partial charge in [0.05, 0.1) is 12.0 Å². The maximum absolute atomic E-state index is 11.9. The molecule has 2 unspecified atom stereocenters. The predicted molar refractivity (Wildman–Crippen MR) is 57.8 cm³/mol. The van der Waals surface area contributed by atoms with Gasteiger partial charge in [0.25, 0.3) is 0 Å². The molecular weight excluding hydrogens is 210 g/mol. The zero-order chi connectivity index (χ0) is 12.3. The molecule has 0 aromatic rings. The average Bonchev–Trinajstić information content (AvgIpc) is 2.26. The lowest BCUT2D eigenvalue weighted by Gasteiger charge is -2.32. The monoisotopic (exact) mass is 229 g/mol. The van der Waals surface area contributed by atoms with Gasteiger partial charge in [-0.1, -0.05) is 13.8 Å². The smallest absolute Gasteiger partial charge is 0.307 e. The van der Waals surface area contributed by atoms with Crippen LogP contribution in [0, 0.1) is 11.8 Å². The van der Waals surface area contributed by atoms with Gasteiger partial charge in [-0.3, -0.25) is 9.59 Å². The minimum absolute atomic E-state index is 0.173. The van der Waals surface area contributed by atoms with Crippen LogP contribution >= 0.6 is 0 Å². The Balaban J connectivity index is 2.59. The standard InChI is InChI=1S/C11H19NO4/c1-7(8(2)11(15)16)10(14)12-5-3-4-9(13)6-12/h7-9,13H,3-6H2,1-2H3,(H,15,16)/t7?,8?,9-/m0/s1. The van der Waals surface area contributed by atoms with E-state index in [1.807, 2.05) is 0 Å². The lowest BCUT2D eigenvalue weighted by atomic mass is 9.93. The van der Waals surface area contributed by atoms with E-state index in [1.54, 1.807) is 11.8 Å². The summed E-state index contributed by atoms with van der Waals surface area (Å²) in [7, 11) is 0. The van der Waals surface area contributed by atoms with Gasteiger partial charge in [0.2, 0.25) is 5.91 Å². The molecule has 1 saturated heterocycles. The molecule has 2 N–H and O–H groups in total. The number of rotatable bonds is 3. The Morgan fingerprint density at radius 3 is 2.44 bits per heavy atom. The summed E-state index contributed by atoms with van der Waals surface area (Å²) in [5.41, 5.74) is 0. The Kier molecular flexibility index (Phi) is 4.29. The highest BCUT2D eigenvalue weighted by Gasteiger charge is 2.31. The van der Waals surface area contributed by atoms with Crippen LogP contribution in [0.3, 0.4) is 0 Å². The molecule has 5 nitrogen and oxygen atoms in total. The van der Waals surface area contributed by atoms with E-state index in [0.29, 0.717) is 19.5 Å². The van der Waals surface area contributed by atoms with Gasteiger partial charge in [-0.2, -0.15) is 0 Å². The number of nitrogens with zero attached hydrogens (tertiary/aromatic N) is 1. The lowest BCUT2D eigenvalue weighted by molar-refractivity contribution is -0.150. The van der Waals surface area contributed by atoms with E-state index >= 15 is 0 Å². The summed E-state index contributed by atoms with van der Waals surface area (Å²) in [6, 6.07) is 0. The molecule has 1 fully saturated rings. The van der Waals surface area contributed by atoms with Crippen molar-refractivity contribution in [3.8, 4) is 0 Å². The van der Waals surface area contributed by atoms with E-state index in [1.165, 1.54) is 6.92 Å². The van der Waals surface area contributed by atoms with Gasteiger partial charge in [0.15, 0.2) is 0 Å². The molecule has 0 aliphatic carbocycles. The summed E-state index contributed by atoms with van der Waals surface area (Å²) in [4.78, 5) is 24.3. The fourth-order valence-corrected chi connectivity index (χ4v) is 1.87. The number of aliphatic carboxylic acids is 1. The highest BCUT2D eigenvalue weighted by atomic mass is 16.4. The Morgan fingerprint density at radius 1 is 1.31 bits per heavy atom. The maximum Gasteiger partial charge on any atom is 0.307 e. The number of likely N-dealkylation sites (tertiary alicyclic amines) is 1. The molecular formula is C11H19NO4. The van der Waals surface area contributed by atoms with Gasteiger partial charge in [0.1, 0.15) is 0 Å². The van der Waals surface area contributed by atoms with E-state index in [0.717, 1.165) is 6.42 Å². The second-order valence-electron chi connectivity index (χ2n) is 4.50. The molecule has 1 heterocycles. The Bertz CT molecular complexity index is 279. The van der Waals surface area contributed by atoms with E-state index < -0.39 is 23.9 Å². The molecule has 1 aliphatic heterocycles. The molecule has 1 amide bonds. The van der Waals surface area contributed by atoms with Gasteiger partial charge in [-0.15, -0.1) is 0 Å². The van der Waals surface area contributed by atoms with Crippen molar-refractivity contribution < 1.29 is 19.8 Å². The van der Waals surface area contributed by atoms with Crippen molar-refractivity contribution in [2.45, 2.75) is 32.8 Å². The number of carbonyl (C=O) groups excluding carboxylic acids is 1. The third-order valence-electron chi connectivity index (χ3n) is 3.24. The molecule has 0 radical (unpaired) electrons. The number of piperidine rings is 1. The first-order valence-corrected chi connectivity index (χ1v) is 5.63. The second kappa shape index (κ2) is 5.30. The summed E-state index contributed by atoms with van der Waals surface area (Å²) in [6.07, 6.45) is 1.03. The lowest BCUT2D eigenvalue weighted by Crippen LogP contribution is -2.46. The Labute approximate surface area is 95.1 Å². The molecule has 1 aliphatic rings. The van der Waals surface area contributed by atoms with Crippen LogP contribution in [0.5, 0.6) is 0 Å². The van der Waals surface area contributed by atoms with Crippen molar-refractivity contribution in [1.29, 1.82) is 0 Å². The normalized spacial score (nSPS) is 24.9. The van der Waals surface area contributed by atoms with Gasteiger partial charge in [0, 0.05) is 19.0 Å². The summed E-state index contributed by atoms with van der Waals surface area (Å²) >= 11 is 0. The maximum atomic E-state index is 11.9. The van der Waals surface area contributed by atoms with Gasteiger partial charge >= 0.3 is 5.97 Å². The number of carboxylic acid groups (broad SMARTS) is 1. The van der Waals surface area contributed by atoms with E-state index in [-0.39, 0.29) is 5.91 Å². The minimum atomic E-state index is -0.960. The van der Waals surface area contributed by atoms with Crippen molar-refractivity contribution in [2.75, 3.05) is 13.1 Å². The topological polar surface area (TPSA) is 77.8 Å². The third kappa shape index (κ3) is 2.95. The van der Waals surface area contributed by atoms with E-state index in [4.69, 9.17) is 5.11 Å². The highest BCUT2D eigenvalue weighted by Crippen LogP contribution is 2.18. The largest absolute Gasteiger partial charge is 0.481 e. The highest BCUT2D eigenvalue weighted by molar-refractivity contribution is 5.84. The number of hydrogen-bond acceptors (Lipinski definition) is 3. The zero-order valence-electron chi connectivity index (χ0n) is 9.72. The summed E-state index contributed by atoms with van der Waals surface area (Å²) in [6.45, 7) is 4.11. The number of carboxylic acids is 1. The molecule has 0 aromatic heterocycles. The van der Waals surface area contributed by atoms with Gasteiger partial charge < -0.3 is 15.1 Å². The Morgan fingerprint density at radius 2 is 1.94 bits per heavy atom. The molecule has 3 atom stereocenters. The fourth-order valence-electron chi connectivity index (χ4n) is 1.87. The molecule has 5 heteroatoms. The molecule has 92 valence electrons. The van der Waals surface area contributed by atoms with Crippen LogP contribution in [0.4, 0.5) is 0 Å². The fraction of sp³-hybridized carbons (Fsp3) is 0.818. The summed E-state index contributed by atoms with van der Waals surface area (Å²) in [5.74, 6) is -2.36. The quantitative estimate of drug-likeness (QED) is 0.731. The van der Waals surface area contributed by atoms with Crippen LogP contribution in [0.15, 0.2) is 0 Å². The van der Waals surface area contributed by atoms with Gasteiger partial charge in [-0.25, -0.2) is 0 Å². The van der Waals surface area contributed by atoms with Crippen LogP contribution < -0.4 is 0 Å². The number of amides is 1. The minimum Gasteiger partial charge on any atom is -0.481 e. The van der Waals surface area contributed by atoms with E-state index in [9.17, 15) is 14.7 Å². The SMILES string of the molecule is CC(C(=O)O)C(C)C(=O)N1CCC[C@H](O)C1. The first-order chi connectivity index (χ1) is 7.43. The number of β-amino-alcohol motifs (C(OH)–C–C–N with tert-alkyl or cyclic N) is 1. The van der Waals surface area contributed by atoms with Crippen LogP contribution in [0.2, 0.25) is 0 Å². The van der Waals surface area contributed by atoms with Crippen molar-refractivity contribution in [2.24, 2.45) is 11.8 Å². The molecule has 0 spiro atoms. The van der Waals surface area contributed by atoms with Crippen molar-refractivity contribution in [3.05, 3.63) is 0 Å². The molecule has 16 heavy (non-hydrogen) atoms. The molecule has 1 rings (SSSR count). The number of carbonyl (C=O) groups is 2. The first-order valence-electron chi connectivity index (χ1n) is 5.63. The van der Waals surface area contributed by atoms with E-state index in [2.05, 4.69) is 0 Å². The van der Waals surface area contributed by atoms with Crippen molar-refractivity contribution in [3.63, 3.8) is 0 Å². The average molecular weight is 229 g/mol.